The van der Waals surface area contributed by atoms with E-state index in [0.29, 0.717) is 44.1 Å². The number of hydrogen-bond acceptors (Lipinski definition) is 7. The average Bonchev–Trinajstić information content (AvgIpc) is 3.42. The second-order valence-corrected chi connectivity index (χ2v) is 12.6. The van der Waals surface area contributed by atoms with Gasteiger partial charge in [0.05, 0.1) is 17.9 Å². The number of likely N-dealkylation sites (N-methyl/N-ethyl adjacent to an activating group) is 1. The van der Waals surface area contributed by atoms with Crippen LogP contribution in [0.4, 0.5) is 15.8 Å². The van der Waals surface area contributed by atoms with E-state index in [2.05, 4.69) is 77.7 Å². The number of pyridine rings is 1. The average molecular weight is 597 g/mol. The van der Waals surface area contributed by atoms with E-state index in [1.54, 1.807) is 4.90 Å². The zero-order chi connectivity index (χ0) is 31.1. The van der Waals surface area contributed by atoms with Crippen molar-refractivity contribution in [3.8, 4) is 11.9 Å². The largest absolute Gasteiger partial charge is 0.475 e. The molecule has 0 radical (unpaired) electrons. The highest BCUT2D eigenvalue weighted by atomic mass is 19.1. The number of nitrogens with zero attached hydrogens (tertiary/aromatic N) is 6. The lowest BCUT2D eigenvalue weighted by atomic mass is 9.95. The molecule has 8 nitrogen and oxygen atoms in total. The highest BCUT2D eigenvalue weighted by Gasteiger charge is 2.38. The predicted molar refractivity (Wildman–Crippen MR) is 172 cm³/mol. The number of anilines is 2. The summed E-state index contributed by atoms with van der Waals surface area (Å²) in [6.45, 7) is 13.0. The lowest BCUT2D eigenvalue weighted by Gasteiger charge is -2.46. The number of aromatic nitrogens is 1. The van der Waals surface area contributed by atoms with Crippen LogP contribution < -0.4 is 14.5 Å². The molecule has 6 rings (SSSR count). The first-order chi connectivity index (χ1) is 21.2. The fourth-order valence-corrected chi connectivity index (χ4v) is 7.47. The molecule has 2 aromatic carbocycles. The molecule has 0 aliphatic carbocycles. The number of likely N-dealkylation sites (tertiary alicyclic amines) is 1. The molecule has 3 atom stereocenters. The number of piperazine rings is 1. The molecular formula is C35H41FN6O2. The van der Waals surface area contributed by atoms with Crippen LogP contribution in [-0.4, -0.2) is 78.7 Å². The van der Waals surface area contributed by atoms with Crippen molar-refractivity contribution in [1.82, 2.24) is 14.8 Å². The van der Waals surface area contributed by atoms with Gasteiger partial charge in [0.15, 0.2) is 5.83 Å². The van der Waals surface area contributed by atoms with Crippen molar-refractivity contribution in [2.75, 3.05) is 49.6 Å². The van der Waals surface area contributed by atoms with Crippen LogP contribution in [0.2, 0.25) is 0 Å². The Morgan fingerprint density at radius 1 is 1.14 bits per heavy atom. The minimum Gasteiger partial charge on any atom is -0.475 e. The Hall–Kier alpha value is -4.16. The Bertz CT molecular complexity index is 1630. The van der Waals surface area contributed by atoms with Crippen LogP contribution in [0.15, 0.2) is 48.8 Å². The highest BCUT2D eigenvalue weighted by Crippen LogP contribution is 2.40. The molecule has 230 valence electrons. The van der Waals surface area contributed by atoms with Crippen LogP contribution in [0.1, 0.15) is 49.1 Å². The number of rotatable bonds is 6. The van der Waals surface area contributed by atoms with Gasteiger partial charge in [0.2, 0.25) is 5.88 Å². The van der Waals surface area contributed by atoms with E-state index in [-0.39, 0.29) is 18.1 Å². The number of carbonyl (C=O) groups excluding carboxylic acids is 1. The summed E-state index contributed by atoms with van der Waals surface area (Å²) in [4.78, 5) is 26.1. The Morgan fingerprint density at radius 2 is 1.86 bits per heavy atom. The standard InChI is InChI=1S/C35H41FN6O2/c1-22-9-6-10-26-11-7-13-31(32(22)26)40-16-14-28-30(20-40)38-34(44-21-27-12-8-15-39(27)5)29(17-37)33(28)41-18-23(2)42(24(3)19-41)35(43)25(4)36/h6-7,9-11,13,23-24,27H,4,8,12,14-16,18-21H2,1-3,5H3/t23-,24+,27?. The molecule has 3 aromatic rings. The predicted octanol–water partition coefficient (Wildman–Crippen LogP) is 5.36. The molecule has 2 saturated heterocycles. The highest BCUT2D eigenvalue weighted by molar-refractivity contribution is 5.97. The van der Waals surface area contributed by atoms with Gasteiger partial charge in [0.25, 0.3) is 5.91 Å². The Balaban J connectivity index is 1.40. The van der Waals surface area contributed by atoms with Gasteiger partial charge in [0, 0.05) is 54.4 Å². The van der Waals surface area contributed by atoms with E-state index in [1.807, 2.05) is 13.8 Å². The maximum Gasteiger partial charge on any atom is 0.282 e. The zero-order valence-corrected chi connectivity index (χ0v) is 26.1. The summed E-state index contributed by atoms with van der Waals surface area (Å²) >= 11 is 0. The quantitative estimate of drug-likeness (QED) is 0.355. The molecule has 1 aromatic heterocycles. The minimum atomic E-state index is -0.951. The number of aryl methyl sites for hydroxylation is 1. The topological polar surface area (TPSA) is 75.9 Å². The third-order valence-corrected chi connectivity index (χ3v) is 9.62. The molecule has 44 heavy (non-hydrogen) atoms. The first-order valence-electron chi connectivity index (χ1n) is 15.6. The van der Waals surface area contributed by atoms with Crippen molar-refractivity contribution in [2.24, 2.45) is 0 Å². The molecule has 0 saturated carbocycles. The second-order valence-electron chi connectivity index (χ2n) is 12.6. The first kappa shape index (κ1) is 29.9. The van der Waals surface area contributed by atoms with Crippen molar-refractivity contribution in [1.29, 1.82) is 5.26 Å². The van der Waals surface area contributed by atoms with Gasteiger partial charge >= 0.3 is 0 Å². The van der Waals surface area contributed by atoms with Crippen molar-refractivity contribution in [3.63, 3.8) is 0 Å². The Labute approximate surface area is 259 Å². The molecule has 0 bridgehead atoms. The number of ether oxygens (including phenoxy) is 1. The van der Waals surface area contributed by atoms with E-state index < -0.39 is 11.7 Å². The molecule has 9 heteroatoms. The summed E-state index contributed by atoms with van der Waals surface area (Å²) in [6, 6.07) is 15.0. The molecule has 0 spiro atoms. The van der Waals surface area contributed by atoms with Crippen molar-refractivity contribution < 1.29 is 13.9 Å². The monoisotopic (exact) mass is 596 g/mol. The van der Waals surface area contributed by atoms with Gasteiger partial charge in [-0.25, -0.2) is 9.37 Å². The van der Waals surface area contributed by atoms with Crippen molar-refractivity contribution >= 4 is 28.1 Å². The normalized spacial score (nSPS) is 22.2. The van der Waals surface area contributed by atoms with Crippen LogP contribution in [-0.2, 0) is 17.8 Å². The molecule has 3 aliphatic heterocycles. The molecule has 1 amide bonds. The van der Waals surface area contributed by atoms with Gasteiger partial charge in [0.1, 0.15) is 18.2 Å². The lowest BCUT2D eigenvalue weighted by Crippen LogP contribution is -2.59. The van der Waals surface area contributed by atoms with Gasteiger partial charge in [-0.3, -0.25) is 4.79 Å². The summed E-state index contributed by atoms with van der Waals surface area (Å²) < 4.78 is 20.3. The first-order valence-corrected chi connectivity index (χ1v) is 15.6. The van der Waals surface area contributed by atoms with E-state index >= 15 is 0 Å². The van der Waals surface area contributed by atoms with E-state index in [9.17, 15) is 14.4 Å². The zero-order valence-electron chi connectivity index (χ0n) is 26.1. The maximum absolute atomic E-state index is 13.9. The Kier molecular flexibility index (Phi) is 8.21. The number of nitriles is 1. The number of amides is 1. The van der Waals surface area contributed by atoms with E-state index in [1.165, 1.54) is 22.0 Å². The smallest absolute Gasteiger partial charge is 0.282 e. The summed E-state index contributed by atoms with van der Waals surface area (Å²) in [5, 5.41) is 13.0. The molecule has 0 N–H and O–H groups in total. The number of carbonyl (C=O) groups is 1. The van der Waals surface area contributed by atoms with Gasteiger partial charge in [-0.2, -0.15) is 5.26 Å². The third kappa shape index (κ3) is 5.36. The second kappa shape index (κ2) is 12.1. The minimum absolute atomic E-state index is 0.274. The van der Waals surface area contributed by atoms with Gasteiger partial charge in [-0.15, -0.1) is 0 Å². The lowest BCUT2D eigenvalue weighted by molar-refractivity contribution is -0.133. The number of benzene rings is 2. The molecule has 1 unspecified atom stereocenters. The number of hydrogen-bond donors (Lipinski definition) is 0. The summed E-state index contributed by atoms with van der Waals surface area (Å²) in [5.74, 6) is -1.26. The summed E-state index contributed by atoms with van der Waals surface area (Å²) in [5.41, 5.74) is 5.64. The SMILES string of the molecule is C=C(F)C(=O)N1[C@H](C)CN(c2c(C#N)c(OCC3CCCN3C)nc3c2CCN(c2cccc4cccc(C)c24)C3)C[C@@H]1C. The number of fused-ring (bicyclic) bond motifs is 2. The summed E-state index contributed by atoms with van der Waals surface area (Å²) in [7, 11) is 2.11. The molecule has 3 aliphatic rings. The van der Waals surface area contributed by atoms with Crippen LogP contribution in [0.3, 0.4) is 0 Å². The summed E-state index contributed by atoms with van der Waals surface area (Å²) in [6.07, 6.45) is 2.89. The fraction of sp³-hybridized carbons (Fsp3) is 0.457. The van der Waals surface area contributed by atoms with Crippen molar-refractivity contribution in [2.45, 2.75) is 64.7 Å². The third-order valence-electron chi connectivity index (χ3n) is 9.62. The van der Waals surface area contributed by atoms with Gasteiger partial charge in [-0.05, 0) is 70.6 Å². The Morgan fingerprint density at radius 3 is 2.52 bits per heavy atom. The van der Waals surface area contributed by atoms with Crippen LogP contribution in [0.25, 0.3) is 10.8 Å². The van der Waals surface area contributed by atoms with E-state index in [0.717, 1.165) is 42.9 Å². The molecule has 4 heterocycles. The maximum atomic E-state index is 13.9. The van der Waals surface area contributed by atoms with Gasteiger partial charge in [-0.1, -0.05) is 36.9 Å². The van der Waals surface area contributed by atoms with Gasteiger partial charge < -0.3 is 24.3 Å². The molecule has 2 fully saturated rings. The fourth-order valence-electron chi connectivity index (χ4n) is 7.47. The van der Waals surface area contributed by atoms with Crippen LogP contribution in [0, 0.1) is 18.3 Å². The number of halogens is 1. The molecular weight excluding hydrogens is 555 g/mol. The van der Waals surface area contributed by atoms with Crippen LogP contribution >= 0.6 is 0 Å². The van der Waals surface area contributed by atoms with E-state index in [4.69, 9.17) is 9.72 Å². The van der Waals surface area contributed by atoms with Crippen molar-refractivity contribution in [3.05, 3.63) is 71.2 Å². The van der Waals surface area contributed by atoms with Crippen LogP contribution in [0.5, 0.6) is 5.88 Å².